The van der Waals surface area contributed by atoms with Gasteiger partial charge in [0.15, 0.2) is 8.32 Å². The minimum absolute atomic E-state index is 0.181. The molecule has 0 aliphatic heterocycles. The minimum atomic E-state index is -1.79. The highest BCUT2D eigenvalue weighted by atomic mass is 28.4. The van der Waals surface area contributed by atoms with Gasteiger partial charge in [0.05, 0.1) is 24.8 Å². The van der Waals surface area contributed by atoms with Gasteiger partial charge in [-0.1, -0.05) is 32.9 Å². The first-order valence-corrected chi connectivity index (χ1v) is 10.5. The zero-order valence-electron chi connectivity index (χ0n) is 14.1. The molecule has 0 amide bonds. The van der Waals surface area contributed by atoms with Crippen molar-refractivity contribution in [2.75, 3.05) is 0 Å². The van der Waals surface area contributed by atoms with Gasteiger partial charge in [-0.05, 0) is 35.8 Å². The molecule has 0 saturated carbocycles. The van der Waals surface area contributed by atoms with Crippen molar-refractivity contribution < 1.29 is 8.82 Å². The molecule has 2 aromatic rings. The fourth-order valence-corrected chi connectivity index (χ4v) is 2.86. The lowest BCUT2D eigenvalue weighted by molar-refractivity contribution is 0.267. The third kappa shape index (κ3) is 4.05. The fraction of sp³-hybridized carbons (Fsp3) is 0.471. The zero-order valence-corrected chi connectivity index (χ0v) is 15.1. The average Bonchev–Trinajstić information content (AvgIpc) is 2.82. The van der Waals surface area contributed by atoms with Gasteiger partial charge < -0.3 is 8.99 Å². The van der Waals surface area contributed by atoms with E-state index in [1.165, 1.54) is 6.07 Å². The van der Waals surface area contributed by atoms with Crippen molar-refractivity contribution in [3.63, 3.8) is 0 Å². The highest BCUT2D eigenvalue weighted by Crippen LogP contribution is 2.37. The Morgan fingerprint density at radius 1 is 1.27 bits per heavy atom. The van der Waals surface area contributed by atoms with Crippen LogP contribution in [0.25, 0.3) is 0 Å². The van der Waals surface area contributed by atoms with E-state index in [0.29, 0.717) is 13.2 Å². The number of rotatable bonds is 5. The third-order valence-corrected chi connectivity index (χ3v) is 8.91. The van der Waals surface area contributed by atoms with Crippen molar-refractivity contribution in [2.45, 2.75) is 52.1 Å². The van der Waals surface area contributed by atoms with Crippen LogP contribution in [0.4, 0.5) is 4.39 Å². The summed E-state index contributed by atoms with van der Waals surface area (Å²) in [6.07, 6.45) is 3.60. The van der Waals surface area contributed by atoms with Gasteiger partial charge in [-0.3, -0.25) is 0 Å². The van der Waals surface area contributed by atoms with Gasteiger partial charge in [0.2, 0.25) is 0 Å². The Hall–Kier alpha value is -1.46. The summed E-state index contributed by atoms with van der Waals surface area (Å²) in [6, 6.07) is 6.66. The van der Waals surface area contributed by atoms with Crippen molar-refractivity contribution in [1.29, 1.82) is 0 Å². The van der Waals surface area contributed by atoms with Crippen molar-refractivity contribution in [1.82, 2.24) is 9.55 Å². The molecular weight excluding hydrogens is 295 g/mol. The Morgan fingerprint density at radius 3 is 2.64 bits per heavy atom. The highest BCUT2D eigenvalue weighted by Gasteiger charge is 2.37. The second kappa shape index (κ2) is 6.34. The Bertz CT molecular complexity index is 632. The van der Waals surface area contributed by atoms with E-state index in [1.807, 2.05) is 16.8 Å². The van der Waals surface area contributed by atoms with Crippen molar-refractivity contribution >= 4 is 8.32 Å². The summed E-state index contributed by atoms with van der Waals surface area (Å²) in [4.78, 5) is 4.21. The Kier molecular flexibility index (Phi) is 4.87. The summed E-state index contributed by atoms with van der Waals surface area (Å²) in [5.41, 5.74) is 1.95. The molecule has 0 unspecified atom stereocenters. The monoisotopic (exact) mass is 320 g/mol. The molecule has 3 nitrogen and oxygen atoms in total. The van der Waals surface area contributed by atoms with E-state index in [2.05, 4.69) is 38.8 Å². The van der Waals surface area contributed by atoms with Crippen LogP contribution in [-0.4, -0.2) is 17.9 Å². The first-order valence-electron chi connectivity index (χ1n) is 7.56. The molecular formula is C17H25FN2OSi. The highest BCUT2D eigenvalue weighted by molar-refractivity contribution is 6.74. The van der Waals surface area contributed by atoms with Crippen LogP contribution < -0.4 is 0 Å². The van der Waals surface area contributed by atoms with Crippen LogP contribution in [0.1, 0.15) is 32.0 Å². The number of hydrogen-bond acceptors (Lipinski definition) is 2. The molecule has 5 heteroatoms. The van der Waals surface area contributed by atoms with E-state index in [0.717, 1.165) is 11.3 Å². The van der Waals surface area contributed by atoms with E-state index in [1.54, 1.807) is 18.5 Å². The van der Waals surface area contributed by atoms with Crippen LogP contribution in [0.3, 0.4) is 0 Å². The molecule has 0 fully saturated rings. The first-order chi connectivity index (χ1) is 10.2. The Morgan fingerprint density at radius 2 is 2.00 bits per heavy atom. The van der Waals surface area contributed by atoms with Crippen LogP contribution in [0.5, 0.6) is 0 Å². The molecule has 2 rings (SSSR count). The molecule has 1 aromatic carbocycles. The maximum absolute atomic E-state index is 13.3. The lowest BCUT2D eigenvalue weighted by Gasteiger charge is -2.36. The second-order valence-electron chi connectivity index (χ2n) is 7.19. The number of nitrogens with zero attached hydrogens (tertiary/aromatic N) is 2. The summed E-state index contributed by atoms with van der Waals surface area (Å²) in [6.45, 7) is 12.3. The summed E-state index contributed by atoms with van der Waals surface area (Å²) in [7, 11) is -1.79. The normalized spacial score (nSPS) is 12.6. The largest absolute Gasteiger partial charge is 0.411 e. The van der Waals surface area contributed by atoms with Crippen LogP contribution in [0, 0.1) is 5.82 Å². The van der Waals surface area contributed by atoms with Crippen LogP contribution >= 0.6 is 0 Å². The first kappa shape index (κ1) is 16.9. The molecule has 120 valence electrons. The predicted octanol–water partition coefficient (Wildman–Crippen LogP) is 4.59. The molecule has 22 heavy (non-hydrogen) atoms. The van der Waals surface area contributed by atoms with Crippen LogP contribution in [-0.2, 0) is 17.6 Å². The van der Waals surface area contributed by atoms with E-state index in [9.17, 15) is 4.39 Å². The molecule has 0 atom stereocenters. The molecule has 0 radical (unpaired) electrons. The van der Waals surface area contributed by atoms with Crippen molar-refractivity contribution in [3.05, 3.63) is 53.9 Å². The van der Waals surface area contributed by atoms with Gasteiger partial charge in [0.25, 0.3) is 0 Å². The van der Waals surface area contributed by atoms with Gasteiger partial charge in [0.1, 0.15) is 5.82 Å². The second-order valence-corrected chi connectivity index (χ2v) is 12.0. The molecule has 0 saturated heterocycles. The average molecular weight is 320 g/mol. The standard InChI is InChI=1S/C17H25FN2OSi/c1-17(2,3)22(4,5)21-12-16-10-19-13-20(16)11-14-7-6-8-15(18)9-14/h6-10,13H,11-12H2,1-5H3. The fourth-order valence-electron chi connectivity index (χ4n) is 1.91. The molecule has 1 heterocycles. The van der Waals surface area contributed by atoms with Crippen molar-refractivity contribution in [2.24, 2.45) is 0 Å². The summed E-state index contributed by atoms with van der Waals surface area (Å²) in [5.74, 6) is -0.211. The van der Waals surface area contributed by atoms with E-state index in [4.69, 9.17) is 4.43 Å². The topological polar surface area (TPSA) is 27.1 Å². The quantitative estimate of drug-likeness (QED) is 0.753. The van der Waals surface area contributed by atoms with Gasteiger partial charge in [-0.15, -0.1) is 0 Å². The molecule has 0 spiro atoms. The zero-order chi connectivity index (χ0) is 16.4. The number of hydrogen-bond donors (Lipinski definition) is 0. The Balaban J connectivity index is 2.07. The van der Waals surface area contributed by atoms with Crippen LogP contribution in [0.15, 0.2) is 36.8 Å². The summed E-state index contributed by atoms with van der Waals surface area (Å²) >= 11 is 0. The third-order valence-electron chi connectivity index (χ3n) is 4.43. The number of imidazole rings is 1. The molecule has 0 N–H and O–H groups in total. The lowest BCUT2D eigenvalue weighted by atomic mass is 10.2. The summed E-state index contributed by atoms with van der Waals surface area (Å²) in [5, 5.41) is 0.181. The molecule has 1 aromatic heterocycles. The predicted molar refractivity (Wildman–Crippen MR) is 89.7 cm³/mol. The molecule has 0 aliphatic rings. The van der Waals surface area contributed by atoms with Gasteiger partial charge in [0, 0.05) is 6.54 Å². The van der Waals surface area contributed by atoms with Gasteiger partial charge in [-0.2, -0.15) is 0 Å². The maximum Gasteiger partial charge on any atom is 0.192 e. The van der Waals surface area contributed by atoms with E-state index < -0.39 is 8.32 Å². The van der Waals surface area contributed by atoms with E-state index in [-0.39, 0.29) is 10.9 Å². The Labute approximate surface area is 133 Å². The maximum atomic E-state index is 13.3. The number of benzene rings is 1. The smallest absolute Gasteiger partial charge is 0.192 e. The molecule has 0 bridgehead atoms. The van der Waals surface area contributed by atoms with Gasteiger partial charge in [-0.25, -0.2) is 9.37 Å². The van der Waals surface area contributed by atoms with Crippen molar-refractivity contribution in [3.8, 4) is 0 Å². The van der Waals surface area contributed by atoms with Gasteiger partial charge >= 0.3 is 0 Å². The number of aromatic nitrogens is 2. The minimum Gasteiger partial charge on any atom is -0.411 e. The lowest BCUT2D eigenvalue weighted by Crippen LogP contribution is -2.40. The summed E-state index contributed by atoms with van der Waals surface area (Å²) < 4.78 is 21.5. The van der Waals surface area contributed by atoms with E-state index >= 15 is 0 Å². The molecule has 0 aliphatic carbocycles. The van der Waals surface area contributed by atoms with Crippen LogP contribution in [0.2, 0.25) is 18.1 Å². The number of halogens is 1. The SMILES string of the molecule is CC(C)(C)[Si](C)(C)OCc1cncn1Cc1cccc(F)c1.